The van der Waals surface area contributed by atoms with E-state index in [1.54, 1.807) is 6.92 Å². The maximum atomic E-state index is 12.5. The summed E-state index contributed by atoms with van der Waals surface area (Å²) < 4.78 is 35.9. The molecule has 0 aliphatic heterocycles. The Bertz CT molecular complexity index is 395. The maximum Gasteiger partial charge on any atom is 0.218 e. The van der Waals surface area contributed by atoms with E-state index in [1.165, 1.54) is 37.8 Å². The van der Waals surface area contributed by atoms with Gasteiger partial charge in [0.25, 0.3) is 0 Å². The van der Waals surface area contributed by atoms with Crippen LogP contribution in [0, 0.1) is 0 Å². The number of rotatable bonds is 10. The number of ether oxygens (including phenoxy) is 2. The van der Waals surface area contributed by atoms with Gasteiger partial charge in [0.2, 0.25) is 10.0 Å². The highest BCUT2D eigenvalue weighted by Gasteiger charge is 2.38. The first kappa shape index (κ1) is 19.3. The second-order valence-electron chi connectivity index (χ2n) is 4.71. The average molecular weight is 310 g/mol. The summed E-state index contributed by atoms with van der Waals surface area (Å²) in [6.07, 6.45) is 2.86. The van der Waals surface area contributed by atoms with Crippen LogP contribution in [0.15, 0.2) is 12.3 Å². The molecule has 20 heavy (non-hydrogen) atoms. The van der Waals surface area contributed by atoms with Crippen molar-refractivity contribution in [1.82, 2.24) is 4.31 Å². The zero-order chi connectivity index (χ0) is 15.8. The van der Waals surface area contributed by atoms with E-state index in [2.05, 4.69) is 0 Å². The third-order valence-corrected chi connectivity index (χ3v) is 5.63. The predicted molar refractivity (Wildman–Crippen MR) is 77.7 cm³/mol. The van der Waals surface area contributed by atoms with Gasteiger partial charge in [-0.2, -0.15) is 4.31 Å². The van der Waals surface area contributed by atoms with E-state index in [4.69, 9.17) is 20.3 Å². The molecule has 0 bridgehead atoms. The van der Waals surface area contributed by atoms with E-state index in [9.17, 15) is 8.42 Å². The van der Waals surface area contributed by atoms with Gasteiger partial charge < -0.3 is 20.3 Å². The first-order valence-electron chi connectivity index (χ1n) is 6.32. The molecule has 0 aromatic carbocycles. The lowest BCUT2D eigenvalue weighted by atomic mass is 10.0. The van der Waals surface area contributed by atoms with Crippen LogP contribution in [0.3, 0.4) is 0 Å². The summed E-state index contributed by atoms with van der Waals surface area (Å²) in [7, 11) is -0.714. The number of nitrogens with two attached hydrogens (primary N) is 1. The Labute approximate surface area is 121 Å². The molecule has 0 spiro atoms. The molecule has 0 rings (SSSR count). The fourth-order valence-electron chi connectivity index (χ4n) is 1.57. The molecule has 0 saturated heterocycles. The minimum absolute atomic E-state index is 0.0140. The van der Waals surface area contributed by atoms with E-state index in [0.29, 0.717) is 0 Å². The van der Waals surface area contributed by atoms with Gasteiger partial charge in [0, 0.05) is 20.2 Å². The summed E-state index contributed by atoms with van der Waals surface area (Å²) in [6.45, 7) is 3.32. The average Bonchev–Trinajstić information content (AvgIpc) is 2.40. The number of sulfonamides is 1. The Hall–Kier alpha value is -0.670. The smallest absolute Gasteiger partial charge is 0.218 e. The number of nitrogens with zero attached hydrogens (tertiary/aromatic N) is 1. The van der Waals surface area contributed by atoms with Crippen LogP contribution in [0.5, 0.6) is 0 Å². The molecule has 0 aliphatic carbocycles. The van der Waals surface area contributed by atoms with Gasteiger partial charge >= 0.3 is 0 Å². The van der Waals surface area contributed by atoms with Crippen molar-refractivity contribution in [3.05, 3.63) is 12.3 Å². The zero-order valence-corrected chi connectivity index (χ0v) is 13.4. The lowest BCUT2D eigenvalue weighted by molar-refractivity contribution is 0.168. The molecule has 0 fully saturated rings. The number of hydrogen-bond acceptors (Lipinski definition) is 6. The summed E-state index contributed by atoms with van der Waals surface area (Å²) >= 11 is 0. The summed E-state index contributed by atoms with van der Waals surface area (Å²) in [4.78, 5) is 0. The number of methoxy groups -OCH3 is 2. The van der Waals surface area contributed by atoms with Crippen LogP contribution in [0.2, 0.25) is 0 Å². The predicted octanol–water partition coefficient (Wildman–Crippen LogP) is -0.477. The standard InChI is InChI=1S/C12H26N2O5S/c1-11(12(2,13)5-9-18-3)20(16,17)14(6-8-15)7-10-19-4/h5,9,11,15H,6-8,10,13H2,1-4H3/b9-5+. The molecule has 2 atom stereocenters. The number of hydrogen-bond donors (Lipinski definition) is 2. The molecule has 0 aromatic rings. The fourth-order valence-corrected chi connectivity index (χ4v) is 3.40. The molecule has 0 aromatic heterocycles. The summed E-state index contributed by atoms with van der Waals surface area (Å²) in [5.41, 5.74) is 4.94. The molecule has 0 radical (unpaired) electrons. The number of aliphatic hydroxyl groups is 1. The Morgan fingerprint density at radius 2 is 2.00 bits per heavy atom. The molecule has 0 saturated carbocycles. The Kier molecular flexibility index (Phi) is 8.29. The maximum absolute atomic E-state index is 12.5. The second-order valence-corrected chi connectivity index (χ2v) is 6.96. The third-order valence-electron chi connectivity index (χ3n) is 3.14. The van der Waals surface area contributed by atoms with Crippen LogP contribution >= 0.6 is 0 Å². The van der Waals surface area contributed by atoms with Gasteiger partial charge in [0.1, 0.15) is 0 Å². The lowest BCUT2D eigenvalue weighted by Crippen LogP contribution is -2.54. The summed E-state index contributed by atoms with van der Waals surface area (Å²) in [5, 5.41) is 8.14. The van der Waals surface area contributed by atoms with Crippen molar-refractivity contribution in [1.29, 1.82) is 0 Å². The van der Waals surface area contributed by atoms with Crippen molar-refractivity contribution in [3.8, 4) is 0 Å². The molecule has 120 valence electrons. The van der Waals surface area contributed by atoms with Crippen LogP contribution in [-0.2, 0) is 19.5 Å². The molecule has 0 amide bonds. The second kappa shape index (κ2) is 8.58. The van der Waals surface area contributed by atoms with Crippen molar-refractivity contribution in [3.63, 3.8) is 0 Å². The number of aliphatic hydroxyl groups excluding tert-OH is 1. The van der Waals surface area contributed by atoms with Crippen molar-refractivity contribution >= 4 is 10.0 Å². The van der Waals surface area contributed by atoms with Gasteiger partial charge in [-0.1, -0.05) is 0 Å². The van der Waals surface area contributed by atoms with Gasteiger partial charge in [-0.3, -0.25) is 0 Å². The zero-order valence-electron chi connectivity index (χ0n) is 12.6. The summed E-state index contributed by atoms with van der Waals surface area (Å²) in [6, 6.07) is 0. The Balaban J connectivity index is 5.19. The quantitative estimate of drug-likeness (QED) is 0.529. The van der Waals surface area contributed by atoms with Crippen molar-refractivity contribution < 1.29 is 23.0 Å². The van der Waals surface area contributed by atoms with Crippen LogP contribution in [0.4, 0.5) is 0 Å². The first-order valence-corrected chi connectivity index (χ1v) is 7.82. The van der Waals surface area contributed by atoms with Crippen molar-refractivity contribution in [2.45, 2.75) is 24.6 Å². The molecular weight excluding hydrogens is 284 g/mol. The van der Waals surface area contributed by atoms with Crippen LogP contribution in [-0.4, -0.2) is 69.1 Å². The van der Waals surface area contributed by atoms with Crippen molar-refractivity contribution in [2.75, 3.05) is 40.5 Å². The van der Waals surface area contributed by atoms with E-state index < -0.39 is 20.8 Å². The van der Waals surface area contributed by atoms with Gasteiger partial charge in [-0.15, -0.1) is 0 Å². The van der Waals surface area contributed by atoms with Gasteiger partial charge in [0.15, 0.2) is 0 Å². The van der Waals surface area contributed by atoms with Crippen LogP contribution in [0.25, 0.3) is 0 Å². The fraction of sp³-hybridized carbons (Fsp3) is 0.833. The highest BCUT2D eigenvalue weighted by Crippen LogP contribution is 2.20. The van der Waals surface area contributed by atoms with Gasteiger partial charge in [0.05, 0.1) is 37.4 Å². The normalized spacial score (nSPS) is 17.4. The lowest BCUT2D eigenvalue weighted by Gasteiger charge is -2.32. The highest BCUT2D eigenvalue weighted by molar-refractivity contribution is 7.89. The van der Waals surface area contributed by atoms with E-state index in [-0.39, 0.29) is 26.3 Å². The van der Waals surface area contributed by atoms with Crippen LogP contribution < -0.4 is 5.73 Å². The highest BCUT2D eigenvalue weighted by atomic mass is 32.2. The topological polar surface area (TPSA) is 102 Å². The molecule has 3 N–H and O–H groups in total. The van der Waals surface area contributed by atoms with Gasteiger partial charge in [-0.05, 0) is 19.9 Å². The molecular formula is C12H26N2O5S. The minimum Gasteiger partial charge on any atom is -0.505 e. The monoisotopic (exact) mass is 310 g/mol. The largest absolute Gasteiger partial charge is 0.505 e. The first-order chi connectivity index (χ1) is 9.23. The minimum atomic E-state index is -3.66. The summed E-state index contributed by atoms with van der Waals surface area (Å²) in [5.74, 6) is 0. The van der Waals surface area contributed by atoms with E-state index >= 15 is 0 Å². The Morgan fingerprint density at radius 3 is 2.45 bits per heavy atom. The van der Waals surface area contributed by atoms with Crippen molar-refractivity contribution in [2.24, 2.45) is 5.73 Å². The van der Waals surface area contributed by atoms with Crippen LogP contribution in [0.1, 0.15) is 13.8 Å². The molecule has 8 heteroatoms. The van der Waals surface area contributed by atoms with E-state index in [1.807, 2.05) is 0 Å². The SMILES string of the molecule is CO/C=C/C(C)(N)C(C)S(=O)(=O)N(CCO)CCOC. The molecule has 0 aliphatic rings. The van der Waals surface area contributed by atoms with Gasteiger partial charge in [-0.25, -0.2) is 8.42 Å². The Morgan fingerprint density at radius 1 is 1.40 bits per heavy atom. The van der Waals surface area contributed by atoms with E-state index in [0.717, 1.165) is 0 Å². The molecule has 0 heterocycles. The molecule has 2 unspecified atom stereocenters. The molecule has 7 nitrogen and oxygen atoms in total. The third kappa shape index (κ3) is 5.37.